The molecule has 1 amide bonds. The average Bonchev–Trinajstić information content (AvgIpc) is 3.19. The summed E-state index contributed by atoms with van der Waals surface area (Å²) in [6.07, 6.45) is 1.27. The van der Waals surface area contributed by atoms with Crippen LogP contribution in [0.5, 0.6) is 5.75 Å². The molecule has 0 saturated heterocycles. The van der Waals surface area contributed by atoms with Gasteiger partial charge >= 0.3 is 0 Å². The minimum Gasteiger partial charge on any atom is -0.495 e. The number of sulfonamides is 2. The van der Waals surface area contributed by atoms with Gasteiger partial charge in [0.1, 0.15) is 18.0 Å². The van der Waals surface area contributed by atoms with E-state index in [9.17, 15) is 31.7 Å². The quantitative estimate of drug-likeness (QED) is 0.379. The van der Waals surface area contributed by atoms with E-state index in [1.165, 1.54) is 56.4 Å². The number of hydrogen-bond donors (Lipinski definition) is 0. The van der Waals surface area contributed by atoms with Crippen LogP contribution in [0.3, 0.4) is 0 Å². The Morgan fingerprint density at radius 2 is 1.82 bits per heavy atom. The number of nitro benzene ring substituents is 1. The summed E-state index contributed by atoms with van der Waals surface area (Å²) in [5, 5.41) is 11.2. The highest BCUT2D eigenvalue weighted by Crippen LogP contribution is 2.35. The van der Waals surface area contributed by atoms with E-state index in [4.69, 9.17) is 4.74 Å². The molecule has 2 aromatic rings. The molecule has 1 heterocycles. The lowest BCUT2D eigenvalue weighted by Crippen LogP contribution is -2.42. The second-order valence-electron chi connectivity index (χ2n) is 7.76. The molecule has 3 rings (SSSR count). The smallest absolute Gasteiger partial charge is 0.271 e. The zero-order valence-electron chi connectivity index (χ0n) is 19.0. The molecule has 0 unspecified atom stereocenters. The predicted molar refractivity (Wildman–Crippen MR) is 125 cm³/mol. The maximum absolute atomic E-state index is 13.2. The number of methoxy groups -OCH3 is 1. The first-order chi connectivity index (χ1) is 15.8. The van der Waals surface area contributed by atoms with Crippen LogP contribution in [0.2, 0.25) is 0 Å². The van der Waals surface area contributed by atoms with Crippen LogP contribution < -0.4 is 13.9 Å². The van der Waals surface area contributed by atoms with Gasteiger partial charge in [0.15, 0.2) is 0 Å². The molecule has 0 aromatic heterocycles. The number of carbonyl (C=O) groups excluding carboxylic acids is 1. The Morgan fingerprint density at radius 3 is 2.38 bits per heavy atom. The fourth-order valence-electron chi connectivity index (χ4n) is 3.58. The zero-order chi connectivity index (χ0) is 25.4. The van der Waals surface area contributed by atoms with Crippen molar-refractivity contribution in [1.82, 2.24) is 4.31 Å². The van der Waals surface area contributed by atoms with Crippen LogP contribution in [0, 0.1) is 10.1 Å². The van der Waals surface area contributed by atoms with Crippen molar-refractivity contribution in [2.45, 2.75) is 11.3 Å². The van der Waals surface area contributed by atoms with E-state index in [2.05, 4.69) is 0 Å². The van der Waals surface area contributed by atoms with Crippen molar-refractivity contribution in [3.63, 3.8) is 0 Å². The molecule has 0 atom stereocenters. The van der Waals surface area contributed by atoms with Crippen molar-refractivity contribution in [2.75, 3.05) is 49.8 Å². The van der Waals surface area contributed by atoms with Crippen molar-refractivity contribution >= 4 is 43.0 Å². The van der Waals surface area contributed by atoms with Gasteiger partial charge < -0.3 is 9.64 Å². The highest BCUT2D eigenvalue weighted by molar-refractivity contribution is 7.92. The van der Waals surface area contributed by atoms with Crippen molar-refractivity contribution < 1.29 is 31.3 Å². The lowest BCUT2D eigenvalue weighted by Gasteiger charge is -2.26. The first kappa shape index (κ1) is 25.4. The number of rotatable bonds is 8. The lowest BCUT2D eigenvalue weighted by atomic mass is 10.2. The average molecular weight is 513 g/mol. The molecule has 0 spiro atoms. The number of ether oxygens (including phenoxy) is 1. The van der Waals surface area contributed by atoms with E-state index in [-0.39, 0.29) is 28.6 Å². The van der Waals surface area contributed by atoms with Gasteiger partial charge in [-0.05, 0) is 36.2 Å². The molecule has 1 aliphatic rings. The number of hydrogen-bond acceptors (Lipinski definition) is 8. The van der Waals surface area contributed by atoms with Crippen molar-refractivity contribution in [2.24, 2.45) is 0 Å². The van der Waals surface area contributed by atoms with E-state index in [1.54, 1.807) is 0 Å². The van der Waals surface area contributed by atoms with E-state index >= 15 is 0 Å². The van der Waals surface area contributed by atoms with E-state index in [1.807, 2.05) is 0 Å². The summed E-state index contributed by atoms with van der Waals surface area (Å²) < 4.78 is 56.9. The Labute approximate surface area is 197 Å². The Hall–Kier alpha value is -3.23. The van der Waals surface area contributed by atoms with E-state index in [0.717, 1.165) is 20.9 Å². The molecular weight excluding hydrogens is 488 g/mol. The standard InChI is InChI=1S/C20H24N4O8S2/c1-21(2)34(30,31)16-6-7-17-14(11-16)9-10-22(17)20(25)13-23(33(4,28)29)18-12-15(24(26)27)5-8-19(18)32-3/h5-8,11-12H,9-10,13H2,1-4H3. The number of carbonyl (C=O) groups is 1. The SMILES string of the molecule is COc1ccc([N+](=O)[O-])cc1N(CC(=O)N1CCc2cc(S(=O)(=O)N(C)C)ccc21)S(C)(=O)=O. The molecule has 0 radical (unpaired) electrons. The largest absolute Gasteiger partial charge is 0.495 e. The number of benzene rings is 2. The van der Waals surface area contributed by atoms with Gasteiger partial charge in [-0.3, -0.25) is 19.2 Å². The molecule has 0 aliphatic carbocycles. The van der Waals surface area contributed by atoms with Crippen LogP contribution in [-0.2, 0) is 31.3 Å². The van der Waals surface area contributed by atoms with Gasteiger partial charge in [-0.2, -0.15) is 0 Å². The Morgan fingerprint density at radius 1 is 1.15 bits per heavy atom. The minimum absolute atomic E-state index is 0.0455. The van der Waals surface area contributed by atoms with Gasteiger partial charge in [0, 0.05) is 38.5 Å². The number of fused-ring (bicyclic) bond motifs is 1. The molecule has 0 N–H and O–H groups in total. The predicted octanol–water partition coefficient (Wildman–Crippen LogP) is 1.21. The first-order valence-corrected chi connectivity index (χ1v) is 13.2. The summed E-state index contributed by atoms with van der Waals surface area (Å²) in [6.45, 7) is -0.406. The number of non-ortho nitro benzene ring substituents is 1. The molecule has 12 nitrogen and oxygen atoms in total. The third kappa shape index (κ3) is 4.83. The van der Waals surface area contributed by atoms with Crippen molar-refractivity contribution in [1.29, 1.82) is 0 Å². The zero-order valence-corrected chi connectivity index (χ0v) is 20.6. The normalized spacial score (nSPS) is 13.6. The second kappa shape index (κ2) is 9.19. The third-order valence-corrected chi connectivity index (χ3v) is 8.28. The fourth-order valence-corrected chi connectivity index (χ4v) is 5.38. The van der Waals surface area contributed by atoms with E-state index < -0.39 is 37.4 Å². The molecule has 1 aliphatic heterocycles. The fraction of sp³-hybridized carbons (Fsp3) is 0.350. The van der Waals surface area contributed by atoms with Gasteiger partial charge in [-0.1, -0.05) is 0 Å². The molecule has 184 valence electrons. The number of anilines is 2. The highest BCUT2D eigenvalue weighted by Gasteiger charge is 2.32. The third-order valence-electron chi connectivity index (χ3n) is 5.35. The number of nitrogens with zero attached hydrogens (tertiary/aromatic N) is 4. The summed E-state index contributed by atoms with van der Waals surface area (Å²) in [5.74, 6) is -0.537. The van der Waals surface area contributed by atoms with Crippen LogP contribution in [0.15, 0.2) is 41.3 Å². The number of amides is 1. The molecule has 0 saturated carbocycles. The summed E-state index contributed by atoms with van der Waals surface area (Å²) in [7, 11) is -3.57. The molecule has 34 heavy (non-hydrogen) atoms. The maximum Gasteiger partial charge on any atom is 0.271 e. The van der Waals surface area contributed by atoms with Crippen LogP contribution in [0.1, 0.15) is 5.56 Å². The van der Waals surface area contributed by atoms with Gasteiger partial charge in [-0.15, -0.1) is 0 Å². The van der Waals surface area contributed by atoms with Crippen LogP contribution in [0.25, 0.3) is 0 Å². The first-order valence-electron chi connectivity index (χ1n) is 9.93. The summed E-state index contributed by atoms with van der Waals surface area (Å²) >= 11 is 0. The van der Waals surface area contributed by atoms with Crippen molar-refractivity contribution in [3.05, 3.63) is 52.1 Å². The van der Waals surface area contributed by atoms with Gasteiger partial charge in [0.2, 0.25) is 26.0 Å². The summed E-state index contributed by atoms with van der Waals surface area (Å²) in [6, 6.07) is 7.85. The monoisotopic (exact) mass is 512 g/mol. The van der Waals surface area contributed by atoms with Crippen LogP contribution in [-0.4, -0.2) is 72.5 Å². The van der Waals surface area contributed by atoms with Crippen molar-refractivity contribution in [3.8, 4) is 5.75 Å². The van der Waals surface area contributed by atoms with Crippen LogP contribution in [0.4, 0.5) is 17.1 Å². The van der Waals surface area contributed by atoms with Crippen LogP contribution >= 0.6 is 0 Å². The highest BCUT2D eigenvalue weighted by atomic mass is 32.2. The molecule has 2 aromatic carbocycles. The molecule has 14 heteroatoms. The molecular formula is C20H24N4O8S2. The summed E-state index contributed by atoms with van der Waals surface area (Å²) in [5.41, 5.74) is 0.606. The molecule has 0 fully saturated rings. The summed E-state index contributed by atoms with van der Waals surface area (Å²) in [4.78, 5) is 25.1. The van der Waals surface area contributed by atoms with Gasteiger partial charge in [0.05, 0.1) is 23.2 Å². The lowest BCUT2D eigenvalue weighted by molar-refractivity contribution is -0.384. The Kier molecular flexibility index (Phi) is 6.87. The Bertz CT molecular complexity index is 1360. The topological polar surface area (TPSA) is 147 Å². The maximum atomic E-state index is 13.2. The van der Waals surface area contributed by atoms with Gasteiger partial charge in [-0.25, -0.2) is 21.1 Å². The minimum atomic E-state index is -4.03. The second-order valence-corrected chi connectivity index (χ2v) is 11.8. The Balaban J connectivity index is 1.96. The molecule has 0 bridgehead atoms. The van der Waals surface area contributed by atoms with Gasteiger partial charge in [0.25, 0.3) is 5.69 Å². The van der Waals surface area contributed by atoms with E-state index in [0.29, 0.717) is 17.7 Å². The number of nitro groups is 1.